The predicted molar refractivity (Wildman–Crippen MR) is 155 cm³/mol. The van der Waals surface area contributed by atoms with Gasteiger partial charge in [0.15, 0.2) is 0 Å². The molecule has 0 saturated carbocycles. The maximum absolute atomic E-state index is 13.2. The molecule has 1 aliphatic rings. The van der Waals surface area contributed by atoms with Crippen molar-refractivity contribution in [3.05, 3.63) is 64.7 Å². The monoisotopic (exact) mass is 547 g/mol. The number of aromatic nitrogens is 3. The third-order valence-corrected chi connectivity index (χ3v) is 6.41. The molecule has 0 aliphatic carbocycles. The summed E-state index contributed by atoms with van der Waals surface area (Å²) in [6.07, 6.45) is 4.23. The molecule has 3 heterocycles. The van der Waals surface area contributed by atoms with E-state index in [0.29, 0.717) is 30.3 Å². The minimum atomic E-state index is -0.683. The lowest BCUT2D eigenvalue weighted by Gasteiger charge is -2.33. The van der Waals surface area contributed by atoms with Crippen LogP contribution in [0.1, 0.15) is 63.9 Å². The number of alkyl carbamates (subject to hydrolysis) is 1. The highest BCUT2D eigenvalue weighted by atomic mass is 16.6. The molecule has 0 spiro atoms. The normalized spacial score (nSPS) is 15.6. The number of rotatable bonds is 7. The molecule has 1 saturated heterocycles. The quantitative estimate of drug-likeness (QED) is 0.399. The second kappa shape index (κ2) is 11.8. The van der Waals surface area contributed by atoms with E-state index in [1.807, 2.05) is 69.9 Å². The summed E-state index contributed by atoms with van der Waals surface area (Å²) in [6.45, 7) is 10.5. The van der Waals surface area contributed by atoms with Crippen LogP contribution in [0.2, 0.25) is 0 Å². The summed E-state index contributed by atoms with van der Waals surface area (Å²) in [6, 6.07) is 10.9. The minimum Gasteiger partial charge on any atom is -0.444 e. The van der Waals surface area contributed by atoms with E-state index in [4.69, 9.17) is 10.5 Å². The number of anilines is 3. The number of piperidine rings is 1. The molecular weight excluding hydrogens is 510 g/mol. The number of primary amides is 1. The smallest absolute Gasteiger partial charge is 0.407 e. The summed E-state index contributed by atoms with van der Waals surface area (Å²) in [7, 11) is 0. The Bertz CT molecular complexity index is 1430. The molecule has 40 heavy (non-hydrogen) atoms. The summed E-state index contributed by atoms with van der Waals surface area (Å²) >= 11 is 0. The van der Waals surface area contributed by atoms with Gasteiger partial charge in [-0.25, -0.2) is 9.78 Å². The molecule has 11 nitrogen and oxygen atoms in total. The average Bonchev–Trinajstić information content (AvgIpc) is 2.88. The second-order valence-corrected chi connectivity index (χ2v) is 11.2. The first kappa shape index (κ1) is 28.6. The van der Waals surface area contributed by atoms with Crippen molar-refractivity contribution in [2.45, 2.75) is 65.1 Å². The van der Waals surface area contributed by atoms with Crippen molar-refractivity contribution in [1.29, 1.82) is 0 Å². The number of ether oxygens (including phenoxy) is 1. The Labute approximate surface area is 233 Å². The highest BCUT2D eigenvalue weighted by molar-refractivity contribution is 5.98. The van der Waals surface area contributed by atoms with Crippen LogP contribution < -0.4 is 26.8 Å². The van der Waals surface area contributed by atoms with E-state index < -0.39 is 17.6 Å². The fourth-order valence-electron chi connectivity index (χ4n) is 4.57. The molecule has 4 rings (SSSR count). The van der Waals surface area contributed by atoms with Gasteiger partial charge < -0.3 is 30.6 Å². The highest BCUT2D eigenvalue weighted by Gasteiger charge is 2.26. The highest BCUT2D eigenvalue weighted by Crippen LogP contribution is 2.26. The Hall–Kier alpha value is -4.41. The molecule has 1 fully saturated rings. The zero-order chi connectivity index (χ0) is 29.0. The first-order valence-corrected chi connectivity index (χ1v) is 13.4. The lowest BCUT2D eigenvalue weighted by molar-refractivity contribution is 0.0499. The van der Waals surface area contributed by atoms with E-state index in [0.717, 1.165) is 18.4 Å². The van der Waals surface area contributed by atoms with Crippen LogP contribution in [0.3, 0.4) is 0 Å². The average molecular weight is 548 g/mol. The molecule has 2 aromatic heterocycles. The number of hydrogen-bond donors (Lipinski definition) is 3. The summed E-state index contributed by atoms with van der Waals surface area (Å²) in [4.78, 5) is 48.8. The van der Waals surface area contributed by atoms with Crippen LogP contribution in [0.25, 0.3) is 11.1 Å². The van der Waals surface area contributed by atoms with E-state index in [9.17, 15) is 14.4 Å². The Morgan fingerprint density at radius 1 is 1.18 bits per heavy atom. The number of carbonyl (C=O) groups is 2. The van der Waals surface area contributed by atoms with Crippen LogP contribution in [0.5, 0.6) is 0 Å². The van der Waals surface area contributed by atoms with Gasteiger partial charge in [-0.2, -0.15) is 4.98 Å². The fourth-order valence-corrected chi connectivity index (χ4v) is 4.57. The van der Waals surface area contributed by atoms with Crippen LogP contribution in [0, 0.1) is 0 Å². The topological polar surface area (TPSA) is 144 Å². The Kier molecular flexibility index (Phi) is 8.41. The number of hydrogen-bond acceptors (Lipinski definition) is 8. The van der Waals surface area contributed by atoms with Crippen molar-refractivity contribution in [3.8, 4) is 11.1 Å². The Morgan fingerprint density at radius 3 is 2.55 bits per heavy atom. The van der Waals surface area contributed by atoms with Crippen molar-refractivity contribution in [1.82, 2.24) is 19.9 Å². The zero-order valence-electron chi connectivity index (χ0n) is 23.6. The lowest BCUT2D eigenvalue weighted by Crippen LogP contribution is -2.49. The fraction of sp³-hybridized carbons (Fsp3) is 0.414. The molecule has 1 aliphatic heterocycles. The van der Waals surface area contributed by atoms with Crippen LogP contribution in [0.15, 0.2) is 53.6 Å². The predicted octanol–water partition coefficient (Wildman–Crippen LogP) is 4.22. The summed E-state index contributed by atoms with van der Waals surface area (Å²) in [5, 5.41) is 6.13. The van der Waals surface area contributed by atoms with Crippen molar-refractivity contribution < 1.29 is 14.3 Å². The number of benzene rings is 1. The third-order valence-electron chi connectivity index (χ3n) is 6.41. The van der Waals surface area contributed by atoms with Gasteiger partial charge in [0.1, 0.15) is 17.0 Å². The molecule has 11 heteroatoms. The number of nitrogens with zero attached hydrogens (tertiary/aromatic N) is 4. The van der Waals surface area contributed by atoms with Crippen molar-refractivity contribution in [2.24, 2.45) is 5.73 Å². The van der Waals surface area contributed by atoms with Crippen LogP contribution in [-0.2, 0) is 4.74 Å². The van der Waals surface area contributed by atoms with Gasteiger partial charge in [-0.15, -0.1) is 0 Å². The minimum absolute atomic E-state index is 0.101. The van der Waals surface area contributed by atoms with E-state index in [2.05, 4.69) is 20.6 Å². The number of nitrogens with one attached hydrogen (secondary N) is 2. The van der Waals surface area contributed by atoms with Crippen LogP contribution in [0.4, 0.5) is 22.2 Å². The van der Waals surface area contributed by atoms with Gasteiger partial charge in [-0.05, 0) is 59.1 Å². The molecule has 0 radical (unpaired) electrons. The Balaban J connectivity index is 1.64. The SMILES string of the molecule is CC(C)n1cc(Nc2nc(N3CCC[C@H](NC(=O)OC(C)(C)C)C3)ncc2C(N)=O)cc(-c2ccccc2)c1=O. The van der Waals surface area contributed by atoms with Crippen LogP contribution in [-0.4, -0.2) is 51.3 Å². The van der Waals surface area contributed by atoms with Crippen molar-refractivity contribution in [3.63, 3.8) is 0 Å². The molecule has 212 valence electrons. The molecule has 0 unspecified atom stereocenters. The van der Waals surface area contributed by atoms with Gasteiger partial charge in [0.2, 0.25) is 5.95 Å². The van der Waals surface area contributed by atoms with E-state index in [1.54, 1.807) is 16.8 Å². The van der Waals surface area contributed by atoms with E-state index in [-0.39, 0.29) is 29.0 Å². The second-order valence-electron chi connectivity index (χ2n) is 11.2. The van der Waals surface area contributed by atoms with Gasteiger partial charge >= 0.3 is 6.09 Å². The number of amides is 2. The standard InChI is InChI=1S/C29H37N7O4/c1-18(2)36-17-21(14-22(26(36)38)19-10-7-6-8-11-19)32-25-23(24(30)37)15-31-27(34-25)35-13-9-12-20(16-35)33-28(39)40-29(3,4)5/h6-8,10-11,14-15,17-18,20H,9,12-13,16H2,1-5H3,(H2,30,37)(H,33,39)(H,31,32,34)/t20-/m0/s1. The molecule has 1 aromatic carbocycles. The first-order chi connectivity index (χ1) is 18.9. The zero-order valence-corrected chi connectivity index (χ0v) is 23.6. The van der Waals surface area contributed by atoms with Gasteiger partial charge in [0.05, 0.1) is 5.69 Å². The van der Waals surface area contributed by atoms with Gasteiger partial charge in [0, 0.05) is 43.1 Å². The molecule has 2 amide bonds. The summed E-state index contributed by atoms with van der Waals surface area (Å²) < 4.78 is 7.03. The van der Waals surface area contributed by atoms with E-state index >= 15 is 0 Å². The third kappa shape index (κ3) is 6.96. The molecule has 4 N–H and O–H groups in total. The van der Waals surface area contributed by atoms with Gasteiger partial charge in [-0.3, -0.25) is 9.59 Å². The number of carbonyl (C=O) groups excluding carboxylic acids is 2. The molecule has 0 bridgehead atoms. The van der Waals surface area contributed by atoms with Crippen molar-refractivity contribution >= 4 is 29.5 Å². The largest absolute Gasteiger partial charge is 0.444 e. The molecule has 1 atom stereocenters. The van der Waals surface area contributed by atoms with E-state index in [1.165, 1.54) is 6.20 Å². The van der Waals surface area contributed by atoms with Crippen molar-refractivity contribution in [2.75, 3.05) is 23.3 Å². The molecular formula is C29H37N7O4. The maximum atomic E-state index is 13.2. The number of pyridine rings is 1. The summed E-state index contributed by atoms with van der Waals surface area (Å²) in [5.74, 6) is -0.0611. The lowest BCUT2D eigenvalue weighted by atomic mass is 10.1. The van der Waals surface area contributed by atoms with Crippen LogP contribution >= 0.6 is 0 Å². The number of nitrogens with two attached hydrogens (primary N) is 1. The van der Waals surface area contributed by atoms with Gasteiger partial charge in [0.25, 0.3) is 11.5 Å². The molecule has 3 aromatic rings. The first-order valence-electron chi connectivity index (χ1n) is 13.4. The Morgan fingerprint density at radius 2 is 1.90 bits per heavy atom. The summed E-state index contributed by atoms with van der Waals surface area (Å²) in [5.41, 5.74) is 6.93. The van der Waals surface area contributed by atoms with Gasteiger partial charge in [-0.1, -0.05) is 30.3 Å². The maximum Gasteiger partial charge on any atom is 0.407 e.